The van der Waals surface area contributed by atoms with Crippen LogP contribution >= 0.6 is 11.3 Å². The first-order valence-corrected chi connectivity index (χ1v) is 8.53. The molecule has 2 heterocycles. The van der Waals surface area contributed by atoms with Crippen LogP contribution in [0.4, 0.5) is 10.7 Å². The fourth-order valence-corrected chi connectivity index (χ4v) is 4.62. The Morgan fingerprint density at radius 1 is 1.21 bits per heavy atom. The summed E-state index contributed by atoms with van der Waals surface area (Å²) in [7, 11) is 0. The molecule has 7 nitrogen and oxygen atoms in total. The number of nitro benzene ring substituents is 1. The van der Waals surface area contributed by atoms with Crippen LogP contribution in [0.2, 0.25) is 0 Å². The van der Waals surface area contributed by atoms with E-state index < -0.39 is 22.5 Å². The lowest BCUT2D eigenvalue weighted by molar-refractivity contribution is -0.398. The molecule has 4 rings (SSSR count). The van der Waals surface area contributed by atoms with E-state index in [0.29, 0.717) is 11.1 Å². The summed E-state index contributed by atoms with van der Waals surface area (Å²) in [5, 5.41) is 29.4. The molecule has 0 saturated carbocycles. The van der Waals surface area contributed by atoms with Crippen LogP contribution in [-0.4, -0.2) is 10.8 Å². The third-order valence-electron chi connectivity index (χ3n) is 4.46. The molecule has 2 aliphatic rings. The molecular weight excluding hydrogens is 330 g/mol. The standard InChI is InChI=1S/C16H15N3O4S/c20-11-6-5-8(7-10(11)19(22)23)14-17-15(21)13-9-3-1-2-4-12(9)24-16(13)18-14/h5-7,14,18,20H,1-4H2,(H,17,21)/p-1/t14-/m0/s1. The fourth-order valence-electron chi connectivity index (χ4n) is 3.30. The largest absolute Gasteiger partial charge is 0.868 e. The normalized spacial score (nSPS) is 19.0. The number of fused-ring (bicyclic) bond motifs is 3. The smallest absolute Gasteiger partial charge is 0.262 e. The highest BCUT2D eigenvalue weighted by atomic mass is 32.1. The Morgan fingerprint density at radius 2 is 2.00 bits per heavy atom. The lowest BCUT2D eigenvalue weighted by atomic mass is 9.94. The highest BCUT2D eigenvalue weighted by Gasteiger charge is 2.32. The number of amides is 1. The van der Waals surface area contributed by atoms with Crippen molar-refractivity contribution in [3.05, 3.63) is 49.9 Å². The van der Waals surface area contributed by atoms with Crippen molar-refractivity contribution in [2.24, 2.45) is 0 Å². The lowest BCUT2D eigenvalue weighted by Crippen LogP contribution is -2.38. The molecule has 1 aliphatic carbocycles. The predicted molar refractivity (Wildman–Crippen MR) is 87.3 cm³/mol. The van der Waals surface area contributed by atoms with Crippen LogP contribution in [0.1, 0.15) is 45.4 Å². The van der Waals surface area contributed by atoms with E-state index in [-0.39, 0.29) is 5.91 Å². The summed E-state index contributed by atoms with van der Waals surface area (Å²) in [4.78, 5) is 24.0. The van der Waals surface area contributed by atoms with E-state index in [1.807, 2.05) is 0 Å². The number of nitrogens with zero attached hydrogens (tertiary/aromatic N) is 1. The summed E-state index contributed by atoms with van der Waals surface area (Å²) in [6.45, 7) is 0. The monoisotopic (exact) mass is 344 g/mol. The maximum absolute atomic E-state index is 12.5. The first-order chi connectivity index (χ1) is 11.5. The van der Waals surface area contributed by atoms with Crippen molar-refractivity contribution in [2.75, 3.05) is 5.32 Å². The molecule has 24 heavy (non-hydrogen) atoms. The van der Waals surface area contributed by atoms with Crippen molar-refractivity contribution < 1.29 is 14.8 Å². The average molecular weight is 344 g/mol. The summed E-state index contributed by atoms with van der Waals surface area (Å²) in [6, 6.07) is 3.89. The van der Waals surface area contributed by atoms with Gasteiger partial charge in [0.25, 0.3) is 11.6 Å². The quantitative estimate of drug-likeness (QED) is 0.643. The Labute approximate surface area is 141 Å². The first-order valence-electron chi connectivity index (χ1n) is 7.72. The van der Waals surface area contributed by atoms with Gasteiger partial charge in [0, 0.05) is 16.5 Å². The van der Waals surface area contributed by atoms with E-state index in [9.17, 15) is 20.0 Å². The fraction of sp³-hybridized carbons (Fsp3) is 0.312. The van der Waals surface area contributed by atoms with Gasteiger partial charge < -0.3 is 15.7 Å². The zero-order valence-corrected chi connectivity index (χ0v) is 13.4. The molecule has 1 aliphatic heterocycles. The molecular formula is C16H14N3O4S-. The third kappa shape index (κ3) is 2.30. The summed E-state index contributed by atoms with van der Waals surface area (Å²) >= 11 is 1.59. The van der Waals surface area contributed by atoms with Crippen LogP contribution in [0, 0.1) is 10.1 Å². The molecule has 0 unspecified atom stereocenters. The maximum atomic E-state index is 12.5. The van der Waals surface area contributed by atoms with Crippen LogP contribution in [0.15, 0.2) is 18.2 Å². The van der Waals surface area contributed by atoms with Crippen LogP contribution in [0.5, 0.6) is 5.75 Å². The molecule has 0 fully saturated rings. The minimum absolute atomic E-state index is 0.165. The van der Waals surface area contributed by atoms with E-state index in [2.05, 4.69) is 10.6 Å². The van der Waals surface area contributed by atoms with Gasteiger partial charge in [-0.05, 0) is 37.0 Å². The van der Waals surface area contributed by atoms with Crippen molar-refractivity contribution >= 4 is 27.9 Å². The molecule has 0 radical (unpaired) electrons. The second-order valence-corrected chi connectivity index (χ2v) is 7.06. The number of thiophene rings is 1. The number of nitro groups is 1. The molecule has 0 bridgehead atoms. The second kappa shape index (κ2) is 5.48. The molecule has 0 saturated heterocycles. The van der Waals surface area contributed by atoms with Crippen molar-refractivity contribution in [1.82, 2.24) is 5.32 Å². The van der Waals surface area contributed by atoms with Gasteiger partial charge in [0.2, 0.25) is 0 Å². The number of rotatable bonds is 2. The molecule has 1 amide bonds. The predicted octanol–water partition coefficient (Wildman–Crippen LogP) is 2.46. The Bertz CT molecular complexity index is 861. The van der Waals surface area contributed by atoms with Gasteiger partial charge in [-0.3, -0.25) is 14.9 Å². The zero-order valence-electron chi connectivity index (χ0n) is 12.6. The number of nitrogens with one attached hydrogen (secondary N) is 2. The summed E-state index contributed by atoms with van der Waals surface area (Å²) in [6.07, 6.45) is 3.54. The van der Waals surface area contributed by atoms with Gasteiger partial charge in [-0.15, -0.1) is 11.3 Å². The molecule has 124 valence electrons. The Kier molecular flexibility index (Phi) is 3.42. The molecule has 8 heteroatoms. The summed E-state index contributed by atoms with van der Waals surface area (Å²) in [5.74, 6) is -0.805. The highest BCUT2D eigenvalue weighted by Crippen LogP contribution is 2.41. The van der Waals surface area contributed by atoms with Gasteiger partial charge in [0.1, 0.15) is 11.2 Å². The number of hydrogen-bond acceptors (Lipinski definition) is 6. The Morgan fingerprint density at radius 3 is 2.79 bits per heavy atom. The zero-order chi connectivity index (χ0) is 16.8. The SMILES string of the molecule is O=C1N[C@H](c2ccc([O-])c([N+](=O)[O-])c2)Nc2sc3c(c21)CCCC3. The number of carbonyl (C=O) groups excluding carboxylic acids is 1. The maximum Gasteiger partial charge on any atom is 0.262 e. The van der Waals surface area contributed by atoms with Gasteiger partial charge in [-0.1, -0.05) is 12.1 Å². The van der Waals surface area contributed by atoms with Gasteiger partial charge in [0.15, 0.2) is 0 Å². The first kappa shape index (κ1) is 14.9. The second-order valence-electron chi connectivity index (χ2n) is 5.95. The van der Waals surface area contributed by atoms with Gasteiger partial charge in [-0.25, -0.2) is 0 Å². The van der Waals surface area contributed by atoms with Crippen LogP contribution < -0.4 is 15.7 Å². The van der Waals surface area contributed by atoms with Crippen molar-refractivity contribution in [1.29, 1.82) is 0 Å². The van der Waals surface area contributed by atoms with Gasteiger partial charge in [-0.2, -0.15) is 0 Å². The van der Waals surface area contributed by atoms with Crippen molar-refractivity contribution in [2.45, 2.75) is 31.8 Å². The topological polar surface area (TPSA) is 107 Å². The van der Waals surface area contributed by atoms with E-state index in [4.69, 9.17) is 0 Å². The number of aryl methyl sites for hydroxylation is 1. The Hall–Kier alpha value is -2.61. The van der Waals surface area contributed by atoms with Crippen LogP contribution in [0.25, 0.3) is 0 Å². The van der Waals surface area contributed by atoms with Crippen molar-refractivity contribution in [3.8, 4) is 5.75 Å². The summed E-state index contributed by atoms with van der Waals surface area (Å²) < 4.78 is 0. The molecule has 2 N–H and O–H groups in total. The van der Waals surface area contributed by atoms with Gasteiger partial charge in [0.05, 0.1) is 10.5 Å². The third-order valence-corrected chi connectivity index (χ3v) is 5.69. The average Bonchev–Trinajstić information content (AvgIpc) is 2.93. The van der Waals surface area contributed by atoms with E-state index in [1.165, 1.54) is 17.0 Å². The molecule has 0 spiro atoms. The van der Waals surface area contributed by atoms with E-state index in [0.717, 1.165) is 42.3 Å². The number of carbonyl (C=O) groups is 1. The summed E-state index contributed by atoms with van der Waals surface area (Å²) in [5.41, 5.74) is 1.85. The lowest BCUT2D eigenvalue weighted by Gasteiger charge is -2.27. The van der Waals surface area contributed by atoms with E-state index in [1.54, 1.807) is 11.3 Å². The highest BCUT2D eigenvalue weighted by molar-refractivity contribution is 7.16. The minimum atomic E-state index is -0.703. The Balaban J connectivity index is 1.71. The molecule has 1 atom stereocenters. The van der Waals surface area contributed by atoms with Crippen LogP contribution in [-0.2, 0) is 12.8 Å². The number of benzene rings is 1. The van der Waals surface area contributed by atoms with Gasteiger partial charge >= 0.3 is 0 Å². The number of hydrogen-bond donors (Lipinski definition) is 2. The number of anilines is 1. The molecule has 2 aromatic rings. The molecule has 1 aromatic heterocycles. The molecule has 1 aromatic carbocycles. The van der Waals surface area contributed by atoms with E-state index >= 15 is 0 Å². The minimum Gasteiger partial charge on any atom is -0.868 e. The van der Waals surface area contributed by atoms with Crippen LogP contribution in [0.3, 0.4) is 0 Å². The van der Waals surface area contributed by atoms with Crippen molar-refractivity contribution in [3.63, 3.8) is 0 Å².